The zero-order valence-corrected chi connectivity index (χ0v) is 12.1. The first-order chi connectivity index (χ1) is 10.7. The van der Waals surface area contributed by atoms with Crippen LogP contribution < -0.4 is 10.1 Å². The number of ether oxygens (including phenoxy) is 1. The largest absolute Gasteiger partial charge is 0.469 e. The number of para-hydroxylation sites is 3. The lowest BCUT2D eigenvalue weighted by Crippen LogP contribution is -2.12. The van der Waals surface area contributed by atoms with E-state index in [0.717, 1.165) is 0 Å². The topological polar surface area (TPSA) is 51.5 Å². The zero-order chi connectivity index (χ0) is 15.4. The molecule has 1 aromatic heterocycles. The normalized spacial score (nSPS) is 10.2. The van der Waals surface area contributed by atoms with Crippen LogP contribution in [0.3, 0.4) is 0 Å². The summed E-state index contributed by atoms with van der Waals surface area (Å²) in [4.78, 5) is 12.3. The lowest BCUT2D eigenvalue weighted by Gasteiger charge is -2.12. The van der Waals surface area contributed by atoms with Gasteiger partial charge in [0.15, 0.2) is 5.75 Å². The number of amides is 1. The summed E-state index contributed by atoms with van der Waals surface area (Å²) in [5, 5.41) is 2.85. The van der Waals surface area contributed by atoms with Gasteiger partial charge in [0, 0.05) is 0 Å². The lowest BCUT2D eigenvalue weighted by molar-refractivity contribution is 0.102. The molecule has 1 amide bonds. The summed E-state index contributed by atoms with van der Waals surface area (Å²) in [5.41, 5.74) is 1.12. The van der Waals surface area contributed by atoms with Crippen molar-refractivity contribution in [3.8, 4) is 11.5 Å². The summed E-state index contributed by atoms with van der Waals surface area (Å²) < 4.78 is 11.0. The molecular formula is C18H15NO3. The Bertz CT molecular complexity index is 778. The van der Waals surface area contributed by atoms with Gasteiger partial charge in [0.1, 0.15) is 11.5 Å². The molecule has 0 radical (unpaired) electrons. The molecule has 0 aliphatic rings. The summed E-state index contributed by atoms with van der Waals surface area (Å²) in [6.45, 7) is 1.75. The molecule has 110 valence electrons. The maximum Gasteiger partial charge on any atom is 0.259 e. The highest BCUT2D eigenvalue weighted by molar-refractivity contribution is 6.05. The summed E-state index contributed by atoms with van der Waals surface area (Å²) >= 11 is 0. The van der Waals surface area contributed by atoms with Crippen molar-refractivity contribution in [2.75, 3.05) is 5.32 Å². The van der Waals surface area contributed by atoms with Gasteiger partial charge < -0.3 is 14.5 Å². The number of benzene rings is 2. The third kappa shape index (κ3) is 3.01. The summed E-state index contributed by atoms with van der Waals surface area (Å²) in [5.74, 6) is 1.65. The van der Waals surface area contributed by atoms with E-state index in [2.05, 4.69) is 5.32 Å². The molecular weight excluding hydrogens is 278 g/mol. The number of hydrogen-bond donors (Lipinski definition) is 1. The molecule has 0 saturated heterocycles. The van der Waals surface area contributed by atoms with E-state index in [1.807, 2.05) is 48.5 Å². The Hall–Kier alpha value is -3.01. The first-order valence-electron chi connectivity index (χ1n) is 6.91. The zero-order valence-electron chi connectivity index (χ0n) is 12.1. The third-order valence-electron chi connectivity index (χ3n) is 3.21. The number of carbonyl (C=O) groups excluding carboxylic acids is 1. The van der Waals surface area contributed by atoms with Crippen molar-refractivity contribution >= 4 is 11.6 Å². The molecule has 0 spiro atoms. The minimum Gasteiger partial charge on any atom is -0.469 e. The van der Waals surface area contributed by atoms with E-state index in [1.165, 1.54) is 6.26 Å². The highest BCUT2D eigenvalue weighted by atomic mass is 16.5. The van der Waals surface area contributed by atoms with E-state index in [4.69, 9.17) is 9.15 Å². The van der Waals surface area contributed by atoms with Crippen molar-refractivity contribution in [1.29, 1.82) is 0 Å². The van der Waals surface area contributed by atoms with Crippen LogP contribution in [0.4, 0.5) is 5.69 Å². The monoisotopic (exact) mass is 293 g/mol. The molecule has 0 saturated carbocycles. The second-order valence-corrected chi connectivity index (χ2v) is 4.76. The van der Waals surface area contributed by atoms with Crippen LogP contribution in [0, 0.1) is 6.92 Å². The Morgan fingerprint density at radius 2 is 1.73 bits per heavy atom. The van der Waals surface area contributed by atoms with Gasteiger partial charge >= 0.3 is 0 Å². The number of anilines is 1. The highest BCUT2D eigenvalue weighted by Gasteiger charge is 2.14. The predicted molar refractivity (Wildman–Crippen MR) is 84.4 cm³/mol. The summed E-state index contributed by atoms with van der Waals surface area (Å²) in [6, 6.07) is 18.4. The molecule has 4 nitrogen and oxygen atoms in total. The third-order valence-corrected chi connectivity index (χ3v) is 3.21. The van der Waals surface area contributed by atoms with Crippen LogP contribution in [-0.2, 0) is 0 Å². The fourth-order valence-electron chi connectivity index (χ4n) is 2.08. The lowest BCUT2D eigenvalue weighted by atomic mass is 10.2. The summed E-state index contributed by atoms with van der Waals surface area (Å²) in [6.07, 6.45) is 1.50. The minimum atomic E-state index is -0.227. The van der Waals surface area contributed by atoms with Gasteiger partial charge in [0.2, 0.25) is 0 Å². The molecule has 0 atom stereocenters. The number of carbonyl (C=O) groups is 1. The van der Waals surface area contributed by atoms with Crippen molar-refractivity contribution < 1.29 is 13.9 Å². The molecule has 0 fully saturated rings. The Morgan fingerprint density at radius 3 is 2.45 bits per heavy atom. The smallest absolute Gasteiger partial charge is 0.259 e. The van der Waals surface area contributed by atoms with Crippen molar-refractivity contribution in [1.82, 2.24) is 0 Å². The molecule has 0 aliphatic carbocycles. The number of hydrogen-bond acceptors (Lipinski definition) is 3. The Labute approximate surface area is 128 Å². The van der Waals surface area contributed by atoms with Crippen LogP contribution in [0.2, 0.25) is 0 Å². The molecule has 0 aliphatic heterocycles. The van der Waals surface area contributed by atoms with E-state index in [1.54, 1.807) is 19.1 Å². The Kier molecular flexibility index (Phi) is 3.92. The Morgan fingerprint density at radius 1 is 1.00 bits per heavy atom. The fraction of sp³-hybridized carbons (Fsp3) is 0.0556. The SMILES string of the molecule is Cc1occc1C(=O)Nc1ccccc1Oc1ccccc1. The second kappa shape index (κ2) is 6.18. The number of aryl methyl sites for hydroxylation is 1. The van der Waals surface area contributed by atoms with Gasteiger partial charge in [-0.2, -0.15) is 0 Å². The first kappa shape index (κ1) is 13.9. The van der Waals surface area contributed by atoms with Gasteiger partial charge in [-0.05, 0) is 37.3 Å². The van der Waals surface area contributed by atoms with Crippen molar-refractivity contribution in [3.05, 3.63) is 78.3 Å². The number of furan rings is 1. The van der Waals surface area contributed by atoms with Crippen molar-refractivity contribution in [2.24, 2.45) is 0 Å². The molecule has 1 N–H and O–H groups in total. The molecule has 4 heteroatoms. The molecule has 0 bridgehead atoms. The van der Waals surface area contributed by atoms with Gasteiger partial charge in [0.25, 0.3) is 5.91 Å². The Balaban J connectivity index is 1.83. The van der Waals surface area contributed by atoms with Crippen LogP contribution in [0.1, 0.15) is 16.1 Å². The maximum absolute atomic E-state index is 12.3. The van der Waals surface area contributed by atoms with Crippen LogP contribution in [0.25, 0.3) is 0 Å². The fourth-order valence-corrected chi connectivity index (χ4v) is 2.08. The molecule has 2 aromatic carbocycles. The highest BCUT2D eigenvalue weighted by Crippen LogP contribution is 2.29. The average molecular weight is 293 g/mol. The van der Waals surface area contributed by atoms with E-state index in [-0.39, 0.29) is 5.91 Å². The van der Waals surface area contributed by atoms with Crippen LogP contribution in [0.15, 0.2) is 71.3 Å². The minimum absolute atomic E-state index is 0.227. The molecule has 1 heterocycles. The van der Waals surface area contributed by atoms with Crippen LogP contribution >= 0.6 is 0 Å². The van der Waals surface area contributed by atoms with E-state index in [9.17, 15) is 4.79 Å². The van der Waals surface area contributed by atoms with Gasteiger partial charge in [-0.15, -0.1) is 0 Å². The van der Waals surface area contributed by atoms with Gasteiger partial charge in [-0.3, -0.25) is 4.79 Å². The quantitative estimate of drug-likeness (QED) is 0.762. The second-order valence-electron chi connectivity index (χ2n) is 4.76. The van der Waals surface area contributed by atoms with E-state index < -0.39 is 0 Å². The van der Waals surface area contributed by atoms with E-state index >= 15 is 0 Å². The van der Waals surface area contributed by atoms with Gasteiger partial charge in [-0.25, -0.2) is 0 Å². The predicted octanol–water partition coefficient (Wildman–Crippen LogP) is 4.63. The van der Waals surface area contributed by atoms with Crippen molar-refractivity contribution in [2.45, 2.75) is 6.92 Å². The maximum atomic E-state index is 12.3. The molecule has 3 aromatic rings. The number of rotatable bonds is 4. The van der Waals surface area contributed by atoms with E-state index in [0.29, 0.717) is 28.5 Å². The van der Waals surface area contributed by atoms with Gasteiger partial charge in [0.05, 0.1) is 17.5 Å². The van der Waals surface area contributed by atoms with Crippen molar-refractivity contribution in [3.63, 3.8) is 0 Å². The molecule has 22 heavy (non-hydrogen) atoms. The average Bonchev–Trinajstić information content (AvgIpc) is 2.96. The molecule has 0 unspecified atom stereocenters. The number of nitrogens with one attached hydrogen (secondary N) is 1. The summed E-state index contributed by atoms with van der Waals surface area (Å²) in [7, 11) is 0. The first-order valence-corrected chi connectivity index (χ1v) is 6.91. The van der Waals surface area contributed by atoms with Crippen LogP contribution in [0.5, 0.6) is 11.5 Å². The van der Waals surface area contributed by atoms with Gasteiger partial charge in [-0.1, -0.05) is 30.3 Å². The van der Waals surface area contributed by atoms with Crippen LogP contribution in [-0.4, -0.2) is 5.91 Å². The standard InChI is InChI=1S/C18H15NO3/c1-13-15(11-12-21-13)18(20)19-16-9-5-6-10-17(16)22-14-7-3-2-4-8-14/h2-12H,1H3,(H,19,20). The molecule has 3 rings (SSSR count).